The van der Waals surface area contributed by atoms with Gasteiger partial charge in [0.2, 0.25) is 0 Å². The molecule has 0 saturated carbocycles. The van der Waals surface area contributed by atoms with Crippen molar-refractivity contribution in [3.05, 3.63) is 30.0 Å². The molecular weight excluding hydrogens is 216 g/mol. The van der Waals surface area contributed by atoms with E-state index in [2.05, 4.69) is 10.3 Å². The minimum Gasteiger partial charge on any atom is -0.481 e. The van der Waals surface area contributed by atoms with Gasteiger partial charge in [0.15, 0.2) is 0 Å². The van der Waals surface area contributed by atoms with Crippen LogP contribution in [0, 0.1) is 12.8 Å². The number of fused-ring (bicyclic) bond motifs is 1. The standard InChI is InChI=1S/C13H16N2O2/c1-8(13(16)17)7-14-12-9(2)15-11-6-4-3-5-10(11)12/h3-6,8,14-15H,7H2,1-2H3,(H,16,17). The van der Waals surface area contributed by atoms with Crippen LogP contribution in [0.5, 0.6) is 0 Å². The van der Waals surface area contributed by atoms with E-state index >= 15 is 0 Å². The highest BCUT2D eigenvalue weighted by atomic mass is 16.4. The first kappa shape index (κ1) is 11.5. The molecule has 2 aromatic rings. The fourth-order valence-electron chi connectivity index (χ4n) is 1.85. The van der Waals surface area contributed by atoms with Crippen molar-refractivity contribution in [1.82, 2.24) is 4.98 Å². The summed E-state index contributed by atoms with van der Waals surface area (Å²) >= 11 is 0. The van der Waals surface area contributed by atoms with Gasteiger partial charge in [0.05, 0.1) is 11.6 Å². The van der Waals surface area contributed by atoms with Gasteiger partial charge >= 0.3 is 5.97 Å². The smallest absolute Gasteiger partial charge is 0.308 e. The van der Waals surface area contributed by atoms with Crippen molar-refractivity contribution in [1.29, 1.82) is 0 Å². The van der Waals surface area contributed by atoms with Crippen molar-refractivity contribution in [2.24, 2.45) is 5.92 Å². The zero-order chi connectivity index (χ0) is 12.4. The second kappa shape index (κ2) is 4.49. The van der Waals surface area contributed by atoms with Crippen molar-refractivity contribution >= 4 is 22.6 Å². The molecule has 1 heterocycles. The number of para-hydroxylation sites is 1. The molecule has 1 aromatic carbocycles. The molecule has 1 atom stereocenters. The summed E-state index contributed by atoms with van der Waals surface area (Å²) in [6.07, 6.45) is 0. The molecule has 0 saturated heterocycles. The lowest BCUT2D eigenvalue weighted by Crippen LogP contribution is -2.19. The third kappa shape index (κ3) is 2.25. The summed E-state index contributed by atoms with van der Waals surface area (Å²) in [7, 11) is 0. The van der Waals surface area contributed by atoms with E-state index in [1.54, 1.807) is 6.92 Å². The number of carboxylic acid groups (broad SMARTS) is 1. The van der Waals surface area contributed by atoms with E-state index in [0.29, 0.717) is 6.54 Å². The largest absolute Gasteiger partial charge is 0.481 e. The van der Waals surface area contributed by atoms with Crippen molar-refractivity contribution in [3.63, 3.8) is 0 Å². The number of anilines is 1. The highest BCUT2D eigenvalue weighted by Crippen LogP contribution is 2.26. The number of hydrogen-bond donors (Lipinski definition) is 3. The number of nitrogens with one attached hydrogen (secondary N) is 2. The van der Waals surface area contributed by atoms with E-state index in [-0.39, 0.29) is 0 Å². The molecule has 0 aliphatic heterocycles. The third-order valence-electron chi connectivity index (χ3n) is 2.90. The second-order valence-electron chi connectivity index (χ2n) is 4.29. The third-order valence-corrected chi connectivity index (χ3v) is 2.90. The summed E-state index contributed by atoms with van der Waals surface area (Å²) < 4.78 is 0. The highest BCUT2D eigenvalue weighted by molar-refractivity contribution is 5.94. The summed E-state index contributed by atoms with van der Waals surface area (Å²) in [6.45, 7) is 4.10. The van der Waals surface area contributed by atoms with Crippen molar-refractivity contribution in [3.8, 4) is 0 Å². The molecule has 1 aromatic heterocycles. The van der Waals surface area contributed by atoms with Crippen LogP contribution in [-0.4, -0.2) is 22.6 Å². The molecule has 1 unspecified atom stereocenters. The predicted molar refractivity (Wildman–Crippen MR) is 68.3 cm³/mol. The Balaban J connectivity index is 2.23. The Hall–Kier alpha value is -1.97. The molecule has 2 rings (SSSR count). The maximum atomic E-state index is 10.8. The molecule has 0 amide bonds. The molecule has 0 fully saturated rings. The van der Waals surface area contributed by atoms with Crippen LogP contribution in [0.15, 0.2) is 24.3 Å². The molecule has 4 heteroatoms. The Morgan fingerprint density at radius 3 is 2.88 bits per heavy atom. The molecule has 0 aliphatic rings. The molecule has 0 bridgehead atoms. The first-order valence-corrected chi connectivity index (χ1v) is 5.63. The number of H-pyrrole nitrogens is 1. The monoisotopic (exact) mass is 232 g/mol. The van der Waals surface area contributed by atoms with E-state index in [4.69, 9.17) is 5.11 Å². The number of aliphatic carboxylic acids is 1. The number of carbonyl (C=O) groups is 1. The van der Waals surface area contributed by atoms with E-state index < -0.39 is 11.9 Å². The molecule has 90 valence electrons. The highest BCUT2D eigenvalue weighted by Gasteiger charge is 2.13. The van der Waals surface area contributed by atoms with Gasteiger partial charge in [-0.15, -0.1) is 0 Å². The lowest BCUT2D eigenvalue weighted by molar-refractivity contribution is -0.140. The van der Waals surface area contributed by atoms with Gasteiger partial charge < -0.3 is 15.4 Å². The van der Waals surface area contributed by atoms with Gasteiger partial charge in [-0.3, -0.25) is 4.79 Å². The van der Waals surface area contributed by atoms with Gasteiger partial charge in [0.1, 0.15) is 0 Å². The Morgan fingerprint density at radius 2 is 2.18 bits per heavy atom. The number of aromatic amines is 1. The molecule has 17 heavy (non-hydrogen) atoms. The van der Waals surface area contributed by atoms with Crippen LogP contribution in [0.3, 0.4) is 0 Å². The number of rotatable bonds is 4. The van der Waals surface area contributed by atoms with Crippen LogP contribution >= 0.6 is 0 Å². The number of carboxylic acids is 1. The molecule has 0 spiro atoms. The molecule has 4 nitrogen and oxygen atoms in total. The van der Waals surface area contributed by atoms with Crippen molar-refractivity contribution in [2.45, 2.75) is 13.8 Å². The normalized spacial score (nSPS) is 12.6. The van der Waals surface area contributed by atoms with Gasteiger partial charge in [-0.25, -0.2) is 0 Å². The summed E-state index contributed by atoms with van der Waals surface area (Å²) in [5.74, 6) is -1.18. The molecule has 0 aliphatic carbocycles. The van der Waals surface area contributed by atoms with Crippen LogP contribution in [0.2, 0.25) is 0 Å². The summed E-state index contributed by atoms with van der Waals surface area (Å²) in [5.41, 5.74) is 3.09. The SMILES string of the molecule is Cc1[nH]c2ccccc2c1NCC(C)C(=O)O. The minimum absolute atomic E-state index is 0.400. The Morgan fingerprint density at radius 1 is 1.47 bits per heavy atom. The van der Waals surface area contributed by atoms with E-state index in [1.807, 2.05) is 31.2 Å². The zero-order valence-corrected chi connectivity index (χ0v) is 9.95. The predicted octanol–water partition coefficient (Wildman–Crippen LogP) is 2.61. The van der Waals surface area contributed by atoms with Crippen molar-refractivity contribution in [2.75, 3.05) is 11.9 Å². The number of hydrogen-bond acceptors (Lipinski definition) is 2. The first-order chi connectivity index (χ1) is 8.09. The summed E-state index contributed by atoms with van der Waals surface area (Å²) in [6, 6.07) is 7.98. The number of benzene rings is 1. The summed E-state index contributed by atoms with van der Waals surface area (Å²) in [5, 5.41) is 13.1. The maximum absolute atomic E-state index is 10.8. The fraction of sp³-hybridized carbons (Fsp3) is 0.308. The second-order valence-corrected chi connectivity index (χ2v) is 4.29. The van der Waals surface area contributed by atoms with Crippen LogP contribution in [0.1, 0.15) is 12.6 Å². The van der Waals surface area contributed by atoms with E-state index in [1.165, 1.54) is 0 Å². The average Bonchev–Trinajstić information content (AvgIpc) is 2.61. The number of aromatic nitrogens is 1. The van der Waals surface area contributed by atoms with Crippen molar-refractivity contribution < 1.29 is 9.90 Å². The fourth-order valence-corrected chi connectivity index (χ4v) is 1.85. The topological polar surface area (TPSA) is 65.1 Å². The van der Waals surface area contributed by atoms with Crippen LogP contribution < -0.4 is 5.32 Å². The van der Waals surface area contributed by atoms with Crippen LogP contribution in [0.4, 0.5) is 5.69 Å². The van der Waals surface area contributed by atoms with Crippen LogP contribution in [0.25, 0.3) is 10.9 Å². The Labute approximate surface area is 99.7 Å². The lowest BCUT2D eigenvalue weighted by atomic mass is 10.1. The lowest BCUT2D eigenvalue weighted by Gasteiger charge is -2.09. The molecular formula is C13H16N2O2. The average molecular weight is 232 g/mol. The van der Waals surface area contributed by atoms with Gasteiger partial charge in [0.25, 0.3) is 0 Å². The Kier molecular flexibility index (Phi) is 3.04. The molecule has 0 radical (unpaired) electrons. The first-order valence-electron chi connectivity index (χ1n) is 5.63. The van der Waals surface area contributed by atoms with Gasteiger partial charge in [-0.2, -0.15) is 0 Å². The quantitative estimate of drug-likeness (QED) is 0.759. The van der Waals surface area contributed by atoms with E-state index in [9.17, 15) is 4.79 Å². The van der Waals surface area contributed by atoms with Gasteiger partial charge in [0, 0.05) is 23.1 Å². The number of aryl methyl sites for hydroxylation is 1. The van der Waals surface area contributed by atoms with Gasteiger partial charge in [-0.05, 0) is 13.0 Å². The van der Waals surface area contributed by atoms with Gasteiger partial charge in [-0.1, -0.05) is 25.1 Å². The zero-order valence-electron chi connectivity index (χ0n) is 9.95. The van der Waals surface area contributed by atoms with Crippen LogP contribution in [-0.2, 0) is 4.79 Å². The maximum Gasteiger partial charge on any atom is 0.308 e. The minimum atomic E-state index is -0.782. The Bertz CT molecular complexity index is 545. The summed E-state index contributed by atoms with van der Waals surface area (Å²) in [4.78, 5) is 14.0. The molecule has 3 N–H and O–H groups in total. The van der Waals surface area contributed by atoms with E-state index in [0.717, 1.165) is 22.3 Å².